The molecule has 0 radical (unpaired) electrons. The Kier molecular flexibility index (Phi) is 3.70. The molecule has 1 rings (SSSR count). The van der Waals surface area contributed by atoms with Gasteiger partial charge in [-0.2, -0.15) is 0 Å². The third-order valence-corrected chi connectivity index (χ3v) is 11.9. The normalized spacial score (nSPS) is 20.8. The molecule has 0 aromatic heterocycles. The lowest BCUT2D eigenvalue weighted by Crippen LogP contribution is -1.85. The Bertz CT molecular complexity index is 178. The van der Waals surface area contributed by atoms with Crippen LogP contribution in [0.15, 0.2) is 0 Å². The summed E-state index contributed by atoms with van der Waals surface area (Å²) >= 11 is -0.622. The highest BCUT2D eigenvalue weighted by Gasteiger charge is 1.93. The van der Waals surface area contributed by atoms with Crippen molar-refractivity contribution in [1.29, 1.82) is 0 Å². The fourth-order valence-electron chi connectivity index (χ4n) is 0.194. The molecular formula is C3H3I3O2. The summed E-state index contributed by atoms with van der Waals surface area (Å²) < 4.78 is 3.34. The van der Waals surface area contributed by atoms with Crippen LogP contribution in [-0.4, -0.2) is 15.6 Å². The van der Waals surface area contributed by atoms with Crippen LogP contribution in [-0.2, 0) is 0 Å². The molecule has 0 aliphatic carbocycles. The maximum atomic E-state index is 8.90. The summed E-state index contributed by atoms with van der Waals surface area (Å²) in [5.74, 6) is 0. The number of aliphatic hydroxyl groups excluding tert-OH is 2. The van der Waals surface area contributed by atoms with E-state index in [0.29, 0.717) is 3.40 Å². The van der Waals surface area contributed by atoms with Gasteiger partial charge in [0.05, 0.1) is 0 Å². The number of aliphatic hydroxyl groups is 2. The van der Waals surface area contributed by atoms with E-state index in [9.17, 15) is 0 Å². The highest BCUT2D eigenvalue weighted by atomic mass is 127. The number of hydrogen-bond donors (Lipinski definition) is 2. The summed E-state index contributed by atoms with van der Waals surface area (Å²) in [6.45, 7) is 0. The Morgan fingerprint density at radius 3 is 2.38 bits per heavy atom. The lowest BCUT2D eigenvalue weighted by Gasteiger charge is -1.92. The highest BCUT2D eigenvalue weighted by Crippen LogP contribution is 2.21. The van der Waals surface area contributed by atoms with E-state index < -0.39 is 20.7 Å². The lowest BCUT2D eigenvalue weighted by atomic mass is 11.8. The van der Waals surface area contributed by atoms with Crippen LogP contribution in [0.2, 0.25) is 0 Å². The molecule has 2 nitrogen and oxygen atoms in total. The summed E-state index contributed by atoms with van der Waals surface area (Å²) in [5, 5.41) is 17.8. The second kappa shape index (κ2) is 3.78. The van der Waals surface area contributed by atoms with Gasteiger partial charge in [-0.25, -0.2) is 0 Å². The number of hydrogen-bond acceptors (Lipinski definition) is 2. The van der Waals surface area contributed by atoms with Gasteiger partial charge < -0.3 is 10.2 Å². The van der Waals surface area contributed by atoms with Crippen molar-refractivity contribution in [3.8, 4) is 0 Å². The first-order valence-electron chi connectivity index (χ1n) is 1.64. The molecule has 0 aromatic rings. The molecule has 2 N–H and O–H groups in total. The van der Waals surface area contributed by atoms with Crippen molar-refractivity contribution >= 4 is 67.6 Å². The van der Waals surface area contributed by atoms with E-state index in [-0.39, 0.29) is 41.5 Å². The molecule has 0 atom stereocenters. The summed E-state index contributed by atoms with van der Waals surface area (Å²) in [6.07, 6.45) is 0. The number of rotatable bonds is 0. The molecule has 0 saturated heterocycles. The van der Waals surface area contributed by atoms with E-state index in [1.165, 1.54) is 0 Å². The van der Waals surface area contributed by atoms with Crippen LogP contribution in [0.25, 0.3) is 0 Å². The van der Waals surface area contributed by atoms with Crippen molar-refractivity contribution in [2.45, 2.75) is 0 Å². The first kappa shape index (κ1) is 7.82. The zero-order valence-corrected chi connectivity index (χ0v) is 10.1. The van der Waals surface area contributed by atoms with Crippen molar-refractivity contribution in [2.75, 3.05) is 0 Å². The summed E-state index contributed by atoms with van der Waals surface area (Å²) in [4.78, 5) is 0. The molecule has 1 heterocycles. The molecule has 1 aliphatic heterocycles. The van der Waals surface area contributed by atoms with Gasteiger partial charge in [0.15, 0.2) is 0 Å². The maximum Gasteiger partial charge on any atom is 0.140 e. The molecular weight excluding hydrogens is 449 g/mol. The van der Waals surface area contributed by atoms with E-state index in [1.54, 1.807) is 0 Å². The predicted octanol–water partition coefficient (Wildman–Crippen LogP) is 1.59. The van der Waals surface area contributed by atoms with Crippen molar-refractivity contribution in [1.82, 2.24) is 0 Å². The van der Waals surface area contributed by atoms with E-state index >= 15 is 0 Å². The van der Waals surface area contributed by atoms with Crippen LogP contribution in [0.3, 0.4) is 0 Å². The topological polar surface area (TPSA) is 40.5 Å². The summed E-state index contributed by atoms with van der Waals surface area (Å²) in [6, 6.07) is 0. The Labute approximate surface area is 76.5 Å². The molecule has 0 fully saturated rings. The minimum absolute atomic E-state index is 0.111. The Hall–Kier alpha value is 1.72. The van der Waals surface area contributed by atoms with E-state index in [0.717, 1.165) is 0 Å². The molecule has 0 spiro atoms. The SMILES string of the molecule is OC1=IC=IC(O)=I1. The molecule has 5 heteroatoms. The second-order valence-electron chi connectivity index (χ2n) is 0.876. The van der Waals surface area contributed by atoms with E-state index in [2.05, 4.69) is 2.02 Å². The zero-order chi connectivity index (χ0) is 5.98. The van der Waals surface area contributed by atoms with Crippen LogP contribution in [0.5, 0.6) is 0 Å². The van der Waals surface area contributed by atoms with Gasteiger partial charge in [0.25, 0.3) is 0 Å². The Balaban J connectivity index is 2.89. The third kappa shape index (κ3) is 2.54. The number of halogens is 3. The molecule has 48 valence electrons. The molecule has 0 saturated carbocycles. The van der Waals surface area contributed by atoms with E-state index in [4.69, 9.17) is 10.2 Å². The van der Waals surface area contributed by atoms with Gasteiger partial charge in [0.1, 0.15) is 3.40 Å². The van der Waals surface area contributed by atoms with Crippen LogP contribution in [0, 0.1) is 0 Å². The van der Waals surface area contributed by atoms with Crippen LogP contribution in [0.1, 0.15) is 0 Å². The average molecular weight is 452 g/mol. The van der Waals surface area contributed by atoms with Gasteiger partial charge in [-0.3, -0.25) is 0 Å². The quantitative estimate of drug-likeness (QED) is 0.549. The van der Waals surface area contributed by atoms with Crippen molar-refractivity contribution in [2.24, 2.45) is 0 Å². The monoisotopic (exact) mass is 452 g/mol. The Morgan fingerprint density at radius 1 is 1.25 bits per heavy atom. The Morgan fingerprint density at radius 2 is 2.00 bits per heavy atom. The first-order chi connectivity index (χ1) is 3.79. The smallest absolute Gasteiger partial charge is 0.140 e. The fourth-order valence-corrected chi connectivity index (χ4v) is 19.5. The molecule has 0 aromatic carbocycles. The highest BCUT2D eigenvalue weighted by molar-refractivity contribution is 14.3. The van der Waals surface area contributed by atoms with Crippen LogP contribution in [0.4, 0.5) is 0 Å². The average Bonchev–Trinajstić information content (AvgIpc) is 1.64. The molecule has 0 bridgehead atoms. The van der Waals surface area contributed by atoms with Crippen molar-refractivity contribution in [3.05, 3.63) is 0 Å². The van der Waals surface area contributed by atoms with Gasteiger partial charge in [-0.15, -0.1) is 0 Å². The van der Waals surface area contributed by atoms with Crippen molar-refractivity contribution < 1.29 is 10.2 Å². The molecule has 0 amide bonds. The van der Waals surface area contributed by atoms with Gasteiger partial charge in [-0.05, 0) is 62.2 Å². The van der Waals surface area contributed by atoms with Gasteiger partial charge in [0.2, 0.25) is 0 Å². The fraction of sp³-hybridized carbons (Fsp3) is 0. The first-order valence-corrected chi connectivity index (χ1v) is 8.45. The van der Waals surface area contributed by atoms with Gasteiger partial charge >= 0.3 is 0 Å². The summed E-state index contributed by atoms with van der Waals surface area (Å²) in [5.41, 5.74) is 0. The maximum absolute atomic E-state index is 8.90. The third-order valence-electron chi connectivity index (χ3n) is 0.418. The van der Waals surface area contributed by atoms with Gasteiger partial charge in [-0.1, -0.05) is 0 Å². The standard InChI is InChI=1S/C3H3I3O2/c7-2-4-1-5-3(8)6-2/h1,7-8H. The predicted molar refractivity (Wildman–Crippen MR) is 62.0 cm³/mol. The molecule has 1 aliphatic rings. The zero-order valence-electron chi connectivity index (χ0n) is 3.61. The van der Waals surface area contributed by atoms with E-state index in [1.807, 2.05) is 0 Å². The minimum Gasteiger partial charge on any atom is -0.351 e. The molecule has 8 heavy (non-hydrogen) atoms. The second-order valence-corrected chi connectivity index (χ2v) is 14.5. The lowest BCUT2D eigenvalue weighted by molar-refractivity contribution is 0.589. The minimum atomic E-state index is -0.400. The van der Waals surface area contributed by atoms with Gasteiger partial charge in [0, 0.05) is 2.02 Å². The largest absolute Gasteiger partial charge is 0.351 e. The summed E-state index contributed by atoms with van der Waals surface area (Å²) in [7, 11) is 0. The van der Waals surface area contributed by atoms with Crippen molar-refractivity contribution in [3.63, 3.8) is 0 Å². The van der Waals surface area contributed by atoms with Crippen LogP contribution < -0.4 is 0 Å². The van der Waals surface area contributed by atoms with Crippen LogP contribution >= 0.6 is 62.2 Å². The molecule has 0 unspecified atom stereocenters.